The van der Waals surface area contributed by atoms with E-state index in [4.69, 9.17) is 10.5 Å². The molecule has 0 aliphatic heterocycles. The molecule has 0 fully saturated rings. The van der Waals surface area contributed by atoms with Gasteiger partial charge < -0.3 is 15.8 Å². The fraction of sp³-hybridized carbons (Fsp3) is 0.286. The first-order valence-corrected chi connectivity index (χ1v) is 6.33. The third kappa shape index (κ3) is 3.83. The Morgan fingerprint density at radius 3 is 2.80 bits per heavy atom. The highest BCUT2D eigenvalue weighted by Crippen LogP contribution is 2.09. The first kappa shape index (κ1) is 14.1. The number of amides is 1. The van der Waals surface area contributed by atoms with E-state index in [0.29, 0.717) is 18.7 Å². The maximum atomic E-state index is 11.0. The molecule has 2 rings (SSSR count). The molecule has 1 amide bonds. The summed E-state index contributed by atoms with van der Waals surface area (Å²) in [5.41, 5.74) is 7.72. The van der Waals surface area contributed by atoms with E-state index in [0.717, 1.165) is 17.8 Å². The normalized spacial score (nSPS) is 10.4. The van der Waals surface area contributed by atoms with Gasteiger partial charge in [0.2, 0.25) is 5.91 Å². The van der Waals surface area contributed by atoms with Gasteiger partial charge >= 0.3 is 0 Å². The Bertz CT molecular complexity index is 563. The number of carbonyl (C=O) groups excluding carboxylic acids is 1. The van der Waals surface area contributed by atoms with Gasteiger partial charge in [0.15, 0.2) is 0 Å². The van der Waals surface area contributed by atoms with E-state index in [9.17, 15) is 4.79 Å². The average molecular weight is 274 g/mol. The molecule has 0 spiro atoms. The molecule has 1 heterocycles. The fourth-order valence-corrected chi connectivity index (χ4v) is 1.75. The third-order valence-corrected chi connectivity index (χ3v) is 2.89. The summed E-state index contributed by atoms with van der Waals surface area (Å²) in [5.74, 6) is -0.413. The Kier molecular flexibility index (Phi) is 4.73. The molecule has 6 heteroatoms. The summed E-state index contributed by atoms with van der Waals surface area (Å²) in [6.45, 7) is 2.02. The van der Waals surface area contributed by atoms with Crippen molar-refractivity contribution in [3.05, 3.63) is 47.8 Å². The number of carbonyl (C=O) groups is 1. The number of anilines is 1. The Morgan fingerprint density at radius 1 is 1.40 bits per heavy atom. The van der Waals surface area contributed by atoms with Crippen molar-refractivity contribution in [3.8, 4) is 0 Å². The number of nitrogens with zero attached hydrogens (tertiary/aromatic N) is 2. The van der Waals surface area contributed by atoms with Crippen molar-refractivity contribution in [3.63, 3.8) is 0 Å². The molecule has 20 heavy (non-hydrogen) atoms. The van der Waals surface area contributed by atoms with E-state index in [2.05, 4.69) is 10.4 Å². The Labute approximate surface area is 117 Å². The molecule has 0 aliphatic carbocycles. The van der Waals surface area contributed by atoms with Crippen molar-refractivity contribution in [1.82, 2.24) is 9.78 Å². The molecule has 0 bridgehead atoms. The standard InChI is InChI=1S/C14H18N4O2/c1-20-7-6-18-10-13(9-17-18)16-8-11-2-4-12(5-3-11)14(15)19/h2-5,9-10,16H,6-8H2,1H3,(H2,15,19). The van der Waals surface area contributed by atoms with E-state index >= 15 is 0 Å². The van der Waals surface area contributed by atoms with Gasteiger partial charge in [-0.25, -0.2) is 0 Å². The van der Waals surface area contributed by atoms with Crippen LogP contribution in [0.3, 0.4) is 0 Å². The SMILES string of the molecule is COCCn1cc(NCc2ccc(C(N)=O)cc2)cn1. The van der Waals surface area contributed by atoms with E-state index in [-0.39, 0.29) is 0 Å². The van der Waals surface area contributed by atoms with Gasteiger partial charge in [-0.05, 0) is 17.7 Å². The zero-order valence-corrected chi connectivity index (χ0v) is 11.4. The third-order valence-electron chi connectivity index (χ3n) is 2.89. The number of aromatic nitrogens is 2. The molecule has 1 aromatic carbocycles. The van der Waals surface area contributed by atoms with Crippen LogP contribution in [0.15, 0.2) is 36.7 Å². The van der Waals surface area contributed by atoms with Gasteiger partial charge in [-0.15, -0.1) is 0 Å². The van der Waals surface area contributed by atoms with Crippen LogP contribution in [0.2, 0.25) is 0 Å². The van der Waals surface area contributed by atoms with E-state index in [1.807, 2.05) is 23.0 Å². The van der Waals surface area contributed by atoms with Gasteiger partial charge in [0.25, 0.3) is 0 Å². The minimum atomic E-state index is -0.413. The number of rotatable bonds is 7. The molecule has 1 aromatic heterocycles. The summed E-state index contributed by atoms with van der Waals surface area (Å²) in [4.78, 5) is 11.0. The van der Waals surface area contributed by atoms with Crippen LogP contribution in [-0.4, -0.2) is 29.4 Å². The minimum absolute atomic E-state index is 0.413. The van der Waals surface area contributed by atoms with Gasteiger partial charge in [-0.2, -0.15) is 5.10 Å². The number of nitrogens with one attached hydrogen (secondary N) is 1. The molecule has 0 saturated heterocycles. The molecule has 0 unspecified atom stereocenters. The minimum Gasteiger partial charge on any atom is -0.383 e. The number of nitrogens with two attached hydrogens (primary N) is 1. The monoisotopic (exact) mass is 274 g/mol. The van der Waals surface area contributed by atoms with Crippen molar-refractivity contribution in [2.45, 2.75) is 13.1 Å². The van der Waals surface area contributed by atoms with Crippen LogP contribution in [0.5, 0.6) is 0 Å². The van der Waals surface area contributed by atoms with Crippen molar-refractivity contribution in [2.75, 3.05) is 19.0 Å². The lowest BCUT2D eigenvalue weighted by Gasteiger charge is -2.04. The van der Waals surface area contributed by atoms with Crippen molar-refractivity contribution in [1.29, 1.82) is 0 Å². The lowest BCUT2D eigenvalue weighted by atomic mass is 10.1. The maximum Gasteiger partial charge on any atom is 0.248 e. The second-order valence-electron chi connectivity index (χ2n) is 4.40. The summed E-state index contributed by atoms with van der Waals surface area (Å²) in [5, 5.41) is 7.48. The number of ether oxygens (including phenoxy) is 1. The zero-order chi connectivity index (χ0) is 14.4. The van der Waals surface area contributed by atoms with Crippen LogP contribution < -0.4 is 11.1 Å². The van der Waals surface area contributed by atoms with Crippen LogP contribution in [-0.2, 0) is 17.8 Å². The largest absolute Gasteiger partial charge is 0.383 e. The molecular formula is C14H18N4O2. The topological polar surface area (TPSA) is 82.2 Å². The second kappa shape index (κ2) is 6.72. The lowest BCUT2D eigenvalue weighted by Crippen LogP contribution is -2.10. The Balaban J connectivity index is 1.88. The molecule has 6 nitrogen and oxygen atoms in total. The molecule has 0 radical (unpaired) electrons. The highest BCUT2D eigenvalue weighted by Gasteiger charge is 2.01. The number of primary amides is 1. The van der Waals surface area contributed by atoms with Crippen molar-refractivity contribution >= 4 is 11.6 Å². The van der Waals surface area contributed by atoms with Gasteiger partial charge in [0.05, 0.1) is 25.0 Å². The molecule has 106 valence electrons. The summed E-state index contributed by atoms with van der Waals surface area (Å²) in [6, 6.07) is 7.20. The summed E-state index contributed by atoms with van der Waals surface area (Å²) < 4.78 is 6.82. The highest BCUT2D eigenvalue weighted by molar-refractivity contribution is 5.92. The number of benzene rings is 1. The lowest BCUT2D eigenvalue weighted by molar-refractivity contribution is 0.100. The summed E-state index contributed by atoms with van der Waals surface area (Å²) in [6.07, 6.45) is 3.70. The van der Waals surface area contributed by atoms with Crippen LogP contribution >= 0.6 is 0 Å². The highest BCUT2D eigenvalue weighted by atomic mass is 16.5. The van der Waals surface area contributed by atoms with Gasteiger partial charge in [0, 0.05) is 25.4 Å². The molecular weight excluding hydrogens is 256 g/mol. The quantitative estimate of drug-likeness (QED) is 0.796. The Morgan fingerprint density at radius 2 is 2.15 bits per heavy atom. The van der Waals surface area contributed by atoms with E-state index in [1.54, 1.807) is 25.4 Å². The fourth-order valence-electron chi connectivity index (χ4n) is 1.75. The molecule has 0 atom stereocenters. The van der Waals surface area contributed by atoms with Crippen LogP contribution in [0.4, 0.5) is 5.69 Å². The van der Waals surface area contributed by atoms with Gasteiger partial charge in [0.1, 0.15) is 0 Å². The first-order chi connectivity index (χ1) is 9.69. The van der Waals surface area contributed by atoms with Crippen molar-refractivity contribution in [2.24, 2.45) is 5.73 Å². The van der Waals surface area contributed by atoms with Crippen molar-refractivity contribution < 1.29 is 9.53 Å². The van der Waals surface area contributed by atoms with Crippen LogP contribution in [0.1, 0.15) is 15.9 Å². The summed E-state index contributed by atoms with van der Waals surface area (Å²) >= 11 is 0. The predicted molar refractivity (Wildman–Crippen MR) is 76.4 cm³/mol. The first-order valence-electron chi connectivity index (χ1n) is 6.33. The zero-order valence-electron chi connectivity index (χ0n) is 11.4. The molecule has 3 N–H and O–H groups in total. The average Bonchev–Trinajstić information content (AvgIpc) is 2.91. The Hall–Kier alpha value is -2.34. The van der Waals surface area contributed by atoms with Gasteiger partial charge in [-0.3, -0.25) is 9.48 Å². The van der Waals surface area contributed by atoms with Gasteiger partial charge in [-0.1, -0.05) is 12.1 Å². The number of hydrogen-bond donors (Lipinski definition) is 2. The molecule has 2 aromatic rings. The van der Waals surface area contributed by atoms with E-state index < -0.39 is 5.91 Å². The number of methoxy groups -OCH3 is 1. The predicted octanol–water partition coefficient (Wildman–Crippen LogP) is 1.24. The molecule has 0 saturated carbocycles. The van der Waals surface area contributed by atoms with E-state index in [1.165, 1.54) is 0 Å². The maximum absolute atomic E-state index is 11.0. The second-order valence-corrected chi connectivity index (χ2v) is 4.40. The summed E-state index contributed by atoms with van der Waals surface area (Å²) in [7, 11) is 1.67. The van der Waals surface area contributed by atoms with Crippen LogP contribution in [0.25, 0.3) is 0 Å². The molecule has 0 aliphatic rings. The van der Waals surface area contributed by atoms with Crippen LogP contribution in [0, 0.1) is 0 Å². The smallest absolute Gasteiger partial charge is 0.248 e. The number of hydrogen-bond acceptors (Lipinski definition) is 4.